The van der Waals surface area contributed by atoms with Crippen molar-refractivity contribution in [2.24, 2.45) is 0 Å². The normalized spacial score (nSPS) is 22.3. The fourth-order valence-electron chi connectivity index (χ4n) is 2.95. The fourth-order valence-corrected chi connectivity index (χ4v) is 3.71. The third-order valence-electron chi connectivity index (χ3n) is 4.25. The number of nitrogens with zero attached hydrogens (tertiary/aromatic N) is 2. The monoisotopic (exact) mass is 352 g/mol. The molecule has 1 saturated heterocycles. The topological polar surface area (TPSA) is 43.4 Å². The van der Waals surface area contributed by atoms with Crippen LogP contribution in [-0.4, -0.2) is 53.2 Å². The summed E-state index contributed by atoms with van der Waals surface area (Å²) in [4.78, 5) is 0. The second-order valence-electron chi connectivity index (χ2n) is 7.32. The molecule has 1 unspecified atom stereocenters. The molecule has 24 heavy (non-hydrogen) atoms. The third kappa shape index (κ3) is 3.82. The van der Waals surface area contributed by atoms with E-state index in [-0.39, 0.29) is 6.23 Å². The Morgan fingerprint density at radius 2 is 1.88 bits per heavy atom. The van der Waals surface area contributed by atoms with E-state index >= 15 is 0 Å². The highest BCUT2D eigenvalue weighted by Crippen LogP contribution is 2.42. The maximum Gasteiger partial charge on any atom is 0.238 e. The number of para-hydroxylation sites is 1. The van der Waals surface area contributed by atoms with Gasteiger partial charge in [-0.15, -0.1) is 5.01 Å². The van der Waals surface area contributed by atoms with Gasteiger partial charge < -0.3 is 18.9 Å². The summed E-state index contributed by atoms with van der Waals surface area (Å²) >= 11 is 0. The molecule has 6 nitrogen and oxygen atoms in total. The Morgan fingerprint density at radius 1 is 1.17 bits per heavy atom. The Labute approximate surface area is 145 Å². The third-order valence-corrected chi connectivity index (χ3v) is 5.96. The first-order valence-corrected chi connectivity index (χ1v) is 12.2. The van der Waals surface area contributed by atoms with Gasteiger partial charge in [0.15, 0.2) is 6.23 Å². The summed E-state index contributed by atoms with van der Waals surface area (Å²) in [6.45, 7) is 9.49. The molecule has 3 rings (SSSR count). The van der Waals surface area contributed by atoms with E-state index in [1.807, 2.05) is 17.1 Å². The van der Waals surface area contributed by atoms with Crippen molar-refractivity contribution in [3.05, 3.63) is 29.8 Å². The van der Waals surface area contributed by atoms with Crippen molar-refractivity contribution < 1.29 is 18.9 Å². The Bertz CT molecular complexity index is 546. The molecule has 2 aliphatic rings. The average Bonchev–Trinajstić information content (AvgIpc) is 3.16. The van der Waals surface area contributed by atoms with Gasteiger partial charge in [-0.2, -0.15) is 0 Å². The van der Waals surface area contributed by atoms with E-state index in [2.05, 4.69) is 36.8 Å². The molecule has 0 N–H and O–H groups in total. The number of hydrogen-bond donors (Lipinski definition) is 0. The molecule has 0 radical (unpaired) electrons. The van der Waals surface area contributed by atoms with Crippen LogP contribution in [0.3, 0.4) is 0 Å². The van der Waals surface area contributed by atoms with E-state index in [0.29, 0.717) is 19.9 Å². The molecule has 0 saturated carbocycles. The van der Waals surface area contributed by atoms with Gasteiger partial charge in [0.1, 0.15) is 6.73 Å². The molecule has 1 fully saturated rings. The summed E-state index contributed by atoms with van der Waals surface area (Å²) in [6, 6.07) is 9.35. The molecule has 2 heterocycles. The lowest BCUT2D eigenvalue weighted by Gasteiger charge is -2.35. The first kappa shape index (κ1) is 17.8. The summed E-state index contributed by atoms with van der Waals surface area (Å²) in [5, 5.41) is 4.07. The lowest BCUT2D eigenvalue weighted by Crippen LogP contribution is -2.48. The molecule has 0 bridgehead atoms. The minimum Gasteiger partial charge on any atom is -0.360 e. The molecule has 0 aliphatic carbocycles. The number of ether oxygens (including phenoxy) is 4. The maximum absolute atomic E-state index is 5.99. The van der Waals surface area contributed by atoms with Crippen molar-refractivity contribution in [3.63, 3.8) is 0 Å². The Kier molecular flexibility index (Phi) is 5.58. The Balaban J connectivity index is 1.75. The number of hydrogen-bond acceptors (Lipinski definition) is 6. The standard InChI is InChI=1S/C17H28N2O4Si/c1-20-16-14-7-5-6-8-15(14)18(13-21-11-12-24(2,3)4)19(16)17-22-9-10-23-17/h5-8,16-17H,9-13H2,1-4H3. The van der Waals surface area contributed by atoms with E-state index in [1.54, 1.807) is 7.11 Å². The van der Waals surface area contributed by atoms with Gasteiger partial charge in [0.2, 0.25) is 6.41 Å². The number of methoxy groups -OCH3 is 1. The predicted octanol–water partition coefficient (Wildman–Crippen LogP) is 3.01. The van der Waals surface area contributed by atoms with Crippen molar-refractivity contribution in [1.82, 2.24) is 5.01 Å². The lowest BCUT2D eigenvalue weighted by atomic mass is 10.2. The Hall–Kier alpha value is -0.963. The minimum atomic E-state index is -1.10. The highest BCUT2D eigenvalue weighted by atomic mass is 28.3. The van der Waals surface area contributed by atoms with Crippen LogP contribution in [-0.2, 0) is 18.9 Å². The van der Waals surface area contributed by atoms with Crippen LogP contribution in [0.1, 0.15) is 11.8 Å². The van der Waals surface area contributed by atoms with Gasteiger partial charge in [0, 0.05) is 27.4 Å². The van der Waals surface area contributed by atoms with Crippen molar-refractivity contribution in [2.45, 2.75) is 38.3 Å². The van der Waals surface area contributed by atoms with Crippen LogP contribution < -0.4 is 5.01 Å². The van der Waals surface area contributed by atoms with E-state index in [9.17, 15) is 0 Å². The second kappa shape index (κ2) is 7.51. The highest BCUT2D eigenvalue weighted by Gasteiger charge is 2.43. The number of benzene rings is 1. The SMILES string of the molecule is COC1c2ccccc2N(COCC[Si](C)(C)C)N1C1OCCO1. The van der Waals surface area contributed by atoms with Gasteiger partial charge in [-0.25, -0.2) is 0 Å². The first-order chi connectivity index (χ1) is 11.5. The maximum atomic E-state index is 5.99. The van der Waals surface area contributed by atoms with Crippen LogP contribution in [0.15, 0.2) is 24.3 Å². The number of fused-ring (bicyclic) bond motifs is 1. The molecule has 0 amide bonds. The molecule has 0 aromatic heterocycles. The zero-order valence-electron chi connectivity index (χ0n) is 15.0. The molecule has 0 spiro atoms. The molecule has 134 valence electrons. The van der Waals surface area contributed by atoms with Crippen LogP contribution >= 0.6 is 0 Å². The lowest BCUT2D eigenvalue weighted by molar-refractivity contribution is -0.215. The van der Waals surface area contributed by atoms with Crippen LogP contribution in [0.25, 0.3) is 0 Å². The number of hydrazine groups is 1. The molecule has 1 aromatic rings. The van der Waals surface area contributed by atoms with Crippen molar-refractivity contribution in [3.8, 4) is 0 Å². The fraction of sp³-hybridized carbons (Fsp3) is 0.647. The molecule has 2 aliphatic heterocycles. The summed E-state index contributed by atoms with van der Waals surface area (Å²) in [5.74, 6) is 0. The molecular weight excluding hydrogens is 324 g/mol. The summed E-state index contributed by atoms with van der Waals surface area (Å²) < 4.78 is 23.2. The van der Waals surface area contributed by atoms with Gasteiger partial charge in [0.05, 0.1) is 18.9 Å². The number of anilines is 1. The van der Waals surface area contributed by atoms with Crippen molar-refractivity contribution >= 4 is 13.8 Å². The van der Waals surface area contributed by atoms with Crippen LogP contribution in [0.4, 0.5) is 5.69 Å². The van der Waals surface area contributed by atoms with E-state index in [0.717, 1.165) is 23.9 Å². The summed E-state index contributed by atoms with van der Waals surface area (Å²) in [6.07, 6.45) is -0.673. The predicted molar refractivity (Wildman–Crippen MR) is 95.2 cm³/mol. The van der Waals surface area contributed by atoms with Gasteiger partial charge >= 0.3 is 0 Å². The van der Waals surface area contributed by atoms with E-state index < -0.39 is 14.5 Å². The molecule has 7 heteroatoms. The molecular formula is C17H28N2O4Si. The second-order valence-corrected chi connectivity index (χ2v) is 12.9. The number of rotatable bonds is 7. The Morgan fingerprint density at radius 3 is 2.54 bits per heavy atom. The van der Waals surface area contributed by atoms with Crippen LogP contribution in [0.2, 0.25) is 25.7 Å². The molecule has 1 atom stereocenters. The summed E-state index contributed by atoms with van der Waals surface area (Å²) in [5.41, 5.74) is 2.18. The largest absolute Gasteiger partial charge is 0.360 e. The first-order valence-electron chi connectivity index (χ1n) is 8.50. The zero-order chi connectivity index (χ0) is 17.2. The highest BCUT2D eigenvalue weighted by molar-refractivity contribution is 6.76. The van der Waals surface area contributed by atoms with Crippen LogP contribution in [0, 0.1) is 0 Å². The molecule has 1 aromatic carbocycles. The average molecular weight is 353 g/mol. The quantitative estimate of drug-likeness (QED) is 0.555. The van der Waals surface area contributed by atoms with E-state index in [4.69, 9.17) is 18.9 Å². The minimum absolute atomic E-state index is 0.232. The van der Waals surface area contributed by atoms with Crippen molar-refractivity contribution in [2.75, 3.05) is 38.7 Å². The van der Waals surface area contributed by atoms with Gasteiger partial charge in [-0.05, 0) is 12.1 Å². The van der Waals surface area contributed by atoms with Gasteiger partial charge in [-0.1, -0.05) is 37.8 Å². The van der Waals surface area contributed by atoms with Crippen LogP contribution in [0.5, 0.6) is 0 Å². The zero-order valence-corrected chi connectivity index (χ0v) is 16.0. The van der Waals surface area contributed by atoms with Gasteiger partial charge in [-0.3, -0.25) is 5.01 Å². The van der Waals surface area contributed by atoms with Crippen molar-refractivity contribution in [1.29, 1.82) is 0 Å². The smallest absolute Gasteiger partial charge is 0.238 e. The van der Waals surface area contributed by atoms with Gasteiger partial charge in [0.25, 0.3) is 0 Å². The van der Waals surface area contributed by atoms with E-state index in [1.165, 1.54) is 0 Å². The summed E-state index contributed by atoms with van der Waals surface area (Å²) in [7, 11) is 0.607.